The van der Waals surface area contributed by atoms with Crippen LogP contribution in [0.15, 0.2) is 24.3 Å². The number of rotatable bonds is 1. The zero-order valence-electron chi connectivity index (χ0n) is 7.64. The number of halogens is 2. The molecule has 0 spiro atoms. The van der Waals surface area contributed by atoms with Gasteiger partial charge < -0.3 is 0 Å². The Kier molecular flexibility index (Phi) is 2.77. The number of hydrogen-bond donors (Lipinski definition) is 0. The molecule has 0 heterocycles. The van der Waals surface area contributed by atoms with Crippen LogP contribution in [0, 0.1) is 0 Å². The average molecular weight is 221 g/mol. The summed E-state index contributed by atoms with van der Waals surface area (Å²) in [5.41, 5.74) is 0.279. The molecular weight excluding hydrogens is 207 g/mol. The van der Waals surface area contributed by atoms with Gasteiger partial charge in [-0.1, -0.05) is 45.1 Å². The summed E-state index contributed by atoms with van der Waals surface area (Å²) >= 11 is 12.8. The largest absolute Gasteiger partial charge is 0.266 e. The third-order valence-electron chi connectivity index (χ3n) is 2.17. The smallest absolute Gasteiger partial charge is 0.144 e. The van der Waals surface area contributed by atoms with E-state index in [9.17, 15) is 0 Å². The first kappa shape index (κ1) is 10.4. The molecule has 1 aliphatic rings. The van der Waals surface area contributed by atoms with Gasteiger partial charge in [-0.15, -0.1) is 22.2 Å². The van der Waals surface area contributed by atoms with Crippen molar-refractivity contribution in [2.24, 2.45) is 0 Å². The van der Waals surface area contributed by atoms with E-state index in [1.54, 1.807) is 0 Å². The molecule has 1 aliphatic carbocycles. The molecule has 0 saturated carbocycles. The van der Waals surface area contributed by atoms with Crippen molar-refractivity contribution in [2.45, 2.75) is 31.4 Å². The van der Waals surface area contributed by atoms with Crippen LogP contribution in [0.4, 0.5) is 0 Å². The van der Waals surface area contributed by atoms with E-state index in [4.69, 9.17) is 22.2 Å². The van der Waals surface area contributed by atoms with Crippen LogP contribution in [-0.2, 0) is 0 Å². The Balaban J connectivity index is 2.85. The van der Waals surface area contributed by atoms with Crippen LogP contribution in [0.1, 0.15) is 20.8 Å². The van der Waals surface area contributed by atoms with Crippen molar-refractivity contribution >= 4 is 28.9 Å². The van der Waals surface area contributed by atoms with E-state index in [1.807, 2.05) is 12.2 Å². The second-order valence-corrected chi connectivity index (χ2v) is 11.7. The van der Waals surface area contributed by atoms with Crippen LogP contribution in [0.2, 0.25) is 10.6 Å². The highest BCUT2D eigenvalue weighted by Gasteiger charge is 2.47. The first-order chi connectivity index (χ1) is 5.36. The first-order valence-electron chi connectivity index (χ1n) is 4.08. The van der Waals surface area contributed by atoms with Crippen LogP contribution < -0.4 is 0 Å². The molecule has 12 heavy (non-hydrogen) atoms. The number of hydrogen-bond acceptors (Lipinski definition) is 0. The molecule has 0 bridgehead atoms. The summed E-state index contributed by atoms with van der Waals surface area (Å²) in [5, 5.41) is 0.0276. The fraction of sp³-hybridized carbons (Fsp3) is 0.556. The van der Waals surface area contributed by atoms with Crippen LogP contribution in [0.5, 0.6) is 0 Å². The standard InChI is InChI=1S/C9H14Cl2Si/c1-9(2,3)12(10,11)8-6-4-5-7-8/h4-8H,1-3H3. The molecule has 0 atom stereocenters. The minimum Gasteiger partial charge on any atom is -0.144 e. The van der Waals surface area contributed by atoms with E-state index in [-0.39, 0.29) is 10.6 Å². The lowest BCUT2D eigenvalue weighted by Crippen LogP contribution is -2.35. The maximum absolute atomic E-state index is 6.42. The van der Waals surface area contributed by atoms with E-state index in [0.717, 1.165) is 0 Å². The van der Waals surface area contributed by atoms with Crippen molar-refractivity contribution in [2.75, 3.05) is 0 Å². The highest BCUT2D eigenvalue weighted by atomic mass is 35.7. The lowest BCUT2D eigenvalue weighted by atomic mass is 10.2. The van der Waals surface area contributed by atoms with Gasteiger partial charge in [0.1, 0.15) is 0 Å². The molecule has 0 aromatic heterocycles. The van der Waals surface area contributed by atoms with Crippen molar-refractivity contribution in [3.63, 3.8) is 0 Å². The molecule has 0 unspecified atom stereocenters. The molecule has 0 aromatic carbocycles. The van der Waals surface area contributed by atoms with Gasteiger partial charge >= 0.3 is 0 Å². The van der Waals surface area contributed by atoms with Crippen LogP contribution >= 0.6 is 22.2 Å². The quantitative estimate of drug-likeness (QED) is 0.459. The van der Waals surface area contributed by atoms with Gasteiger partial charge in [0.2, 0.25) is 0 Å². The normalized spacial score (nSPS) is 19.1. The molecule has 0 aliphatic heterocycles. The predicted octanol–water partition coefficient (Wildman–Crippen LogP) is 4.20. The summed E-state index contributed by atoms with van der Waals surface area (Å²) in [7, 11) is 0. The third-order valence-corrected chi connectivity index (χ3v) is 10.3. The molecule has 0 fully saturated rings. The number of allylic oxidation sites excluding steroid dienone is 4. The van der Waals surface area contributed by atoms with Gasteiger partial charge in [0, 0.05) is 5.54 Å². The molecule has 0 aromatic rings. The van der Waals surface area contributed by atoms with Gasteiger partial charge in [-0.3, -0.25) is 0 Å². The molecule has 0 nitrogen and oxygen atoms in total. The minimum absolute atomic E-state index is 0.0276. The van der Waals surface area contributed by atoms with Gasteiger partial charge in [0.25, 0.3) is 6.69 Å². The van der Waals surface area contributed by atoms with Crippen molar-refractivity contribution in [1.29, 1.82) is 0 Å². The second kappa shape index (κ2) is 3.21. The molecule has 0 amide bonds. The van der Waals surface area contributed by atoms with E-state index in [1.165, 1.54) is 0 Å². The van der Waals surface area contributed by atoms with Crippen molar-refractivity contribution in [3.05, 3.63) is 24.3 Å². The molecule has 3 heteroatoms. The summed E-state index contributed by atoms with van der Waals surface area (Å²) in [6.07, 6.45) is 8.22. The first-order valence-corrected chi connectivity index (χ1v) is 8.18. The fourth-order valence-corrected chi connectivity index (χ4v) is 3.75. The fourth-order valence-electron chi connectivity index (χ4n) is 1.17. The summed E-state index contributed by atoms with van der Waals surface area (Å²) < 4.78 is 0. The van der Waals surface area contributed by atoms with E-state index in [0.29, 0.717) is 0 Å². The Morgan fingerprint density at radius 3 is 1.83 bits per heavy atom. The van der Waals surface area contributed by atoms with Gasteiger partial charge in [-0.2, -0.15) is 0 Å². The van der Waals surface area contributed by atoms with Gasteiger partial charge in [0.15, 0.2) is 0 Å². The lowest BCUT2D eigenvalue weighted by molar-refractivity contribution is 0.735. The van der Waals surface area contributed by atoms with Crippen LogP contribution in [0.3, 0.4) is 0 Å². The summed E-state index contributed by atoms with van der Waals surface area (Å²) in [6, 6.07) is 0. The molecule has 1 rings (SSSR count). The third kappa shape index (κ3) is 1.78. The summed E-state index contributed by atoms with van der Waals surface area (Å²) in [5.74, 6) is 0. The van der Waals surface area contributed by atoms with Crippen molar-refractivity contribution in [3.8, 4) is 0 Å². The summed E-state index contributed by atoms with van der Waals surface area (Å²) in [6.45, 7) is 4.13. The average Bonchev–Trinajstić information content (AvgIpc) is 2.34. The Morgan fingerprint density at radius 1 is 1.08 bits per heavy atom. The van der Waals surface area contributed by atoms with Gasteiger partial charge in [-0.25, -0.2) is 0 Å². The summed E-state index contributed by atoms with van der Waals surface area (Å²) in [4.78, 5) is 0. The van der Waals surface area contributed by atoms with Crippen LogP contribution in [-0.4, -0.2) is 6.69 Å². The highest BCUT2D eigenvalue weighted by Crippen LogP contribution is 2.51. The highest BCUT2D eigenvalue weighted by molar-refractivity contribution is 7.47. The van der Waals surface area contributed by atoms with E-state index >= 15 is 0 Å². The van der Waals surface area contributed by atoms with Crippen LogP contribution in [0.25, 0.3) is 0 Å². The molecule has 0 radical (unpaired) electrons. The molecule has 68 valence electrons. The van der Waals surface area contributed by atoms with Crippen molar-refractivity contribution < 1.29 is 0 Å². The molecule has 0 saturated heterocycles. The van der Waals surface area contributed by atoms with Crippen molar-refractivity contribution in [1.82, 2.24) is 0 Å². The topological polar surface area (TPSA) is 0 Å². The lowest BCUT2D eigenvalue weighted by Gasteiger charge is -2.34. The minimum atomic E-state index is -2.20. The van der Waals surface area contributed by atoms with Gasteiger partial charge in [-0.05, 0) is 5.04 Å². The maximum atomic E-state index is 6.42. The Morgan fingerprint density at radius 2 is 1.50 bits per heavy atom. The molecular formula is C9H14Cl2Si. The second-order valence-electron chi connectivity index (χ2n) is 4.17. The van der Waals surface area contributed by atoms with E-state index < -0.39 is 6.69 Å². The predicted molar refractivity (Wildman–Crippen MR) is 59.2 cm³/mol. The molecule has 0 N–H and O–H groups in total. The maximum Gasteiger partial charge on any atom is 0.266 e. The van der Waals surface area contributed by atoms with Gasteiger partial charge in [0.05, 0.1) is 0 Å². The monoisotopic (exact) mass is 220 g/mol. The Hall–Kier alpha value is 0.277. The van der Waals surface area contributed by atoms with E-state index in [2.05, 4.69) is 32.9 Å². The zero-order chi connectivity index (χ0) is 9.41. The Bertz CT molecular complexity index is 211. The Labute approximate surface area is 84.7 Å². The SMILES string of the molecule is CC(C)(C)[Si](Cl)(Cl)C1C=CC=C1. The zero-order valence-corrected chi connectivity index (χ0v) is 10.2.